The summed E-state index contributed by atoms with van der Waals surface area (Å²) >= 11 is -2.59. The van der Waals surface area contributed by atoms with Crippen LogP contribution >= 0.6 is 0 Å². The summed E-state index contributed by atoms with van der Waals surface area (Å²) in [6, 6.07) is 1.37. The highest BCUT2D eigenvalue weighted by molar-refractivity contribution is 7.91. The lowest BCUT2D eigenvalue weighted by Gasteiger charge is -2.21. The van der Waals surface area contributed by atoms with E-state index in [1.54, 1.807) is 0 Å². The van der Waals surface area contributed by atoms with Gasteiger partial charge in [0.05, 0.1) is 0 Å². The number of amidine groups is 1. The molecule has 0 saturated heterocycles. The summed E-state index contributed by atoms with van der Waals surface area (Å²) in [5.74, 6) is -4.26. The minimum Gasteiger partial charge on any atom is -0.611 e. The molecule has 142 valence electrons. The van der Waals surface area contributed by atoms with Gasteiger partial charge >= 0.3 is 12.4 Å². The average Bonchev–Trinajstić information content (AvgIpc) is 2.42. The first-order valence-electron chi connectivity index (χ1n) is 6.88. The summed E-state index contributed by atoms with van der Waals surface area (Å²) in [4.78, 5) is 3.50. The summed E-state index contributed by atoms with van der Waals surface area (Å²) in [6.07, 6.45) is -9.64. The zero-order chi connectivity index (χ0) is 19.6. The Bertz CT molecular complexity index is 643. The first kappa shape index (κ1) is 21.6. The lowest BCUT2D eigenvalue weighted by molar-refractivity contribution is -0.106. The van der Waals surface area contributed by atoms with E-state index in [-0.39, 0.29) is 12.1 Å². The Morgan fingerprint density at radius 2 is 1.76 bits per heavy atom. The summed E-state index contributed by atoms with van der Waals surface area (Å²) in [6.45, 7) is 2.54. The molecule has 0 aromatic heterocycles. The molecule has 0 fully saturated rings. The topological polar surface area (TPSA) is 38.7 Å². The third kappa shape index (κ3) is 6.07. The Labute approximate surface area is 142 Å². The molecule has 0 radical (unpaired) electrons. The number of hydrogen-bond donors (Lipinski definition) is 0. The monoisotopic (exact) mass is 392 g/mol. The molecule has 1 aromatic carbocycles. The fourth-order valence-corrected chi connectivity index (χ4v) is 2.94. The average molecular weight is 392 g/mol. The van der Waals surface area contributed by atoms with Gasteiger partial charge in [-0.3, -0.25) is 0 Å². The minimum atomic E-state index is -4.90. The van der Waals surface area contributed by atoms with Crippen molar-refractivity contribution in [2.24, 2.45) is 4.99 Å². The number of aliphatic imine (C=N–C) groups is 1. The molecular formula is C14H15F7N2OS. The smallest absolute Gasteiger partial charge is 0.449 e. The molecule has 0 aliphatic rings. The van der Waals surface area contributed by atoms with Gasteiger partial charge in [0.25, 0.3) is 0 Å². The van der Waals surface area contributed by atoms with Crippen molar-refractivity contribution in [1.29, 1.82) is 0 Å². The Kier molecular flexibility index (Phi) is 6.74. The van der Waals surface area contributed by atoms with Crippen LogP contribution in [0.4, 0.5) is 36.4 Å². The molecule has 1 unspecified atom stereocenters. The van der Waals surface area contributed by atoms with Crippen molar-refractivity contribution in [2.75, 3.05) is 19.3 Å². The zero-order valence-corrected chi connectivity index (χ0v) is 14.2. The van der Waals surface area contributed by atoms with Gasteiger partial charge in [0.1, 0.15) is 11.5 Å². The summed E-state index contributed by atoms with van der Waals surface area (Å²) < 4.78 is 102. The molecule has 1 atom stereocenters. The maximum absolute atomic E-state index is 13.9. The second-order valence-electron chi connectivity index (χ2n) is 5.12. The van der Waals surface area contributed by atoms with E-state index in [0.717, 1.165) is 7.05 Å². The number of benzene rings is 1. The molecule has 0 heterocycles. The van der Waals surface area contributed by atoms with Crippen LogP contribution in [0.15, 0.2) is 22.0 Å². The molecule has 0 N–H and O–H groups in total. The van der Waals surface area contributed by atoms with E-state index >= 15 is 0 Å². The van der Waals surface area contributed by atoms with Crippen molar-refractivity contribution in [1.82, 2.24) is 4.90 Å². The van der Waals surface area contributed by atoms with Crippen LogP contribution in [0.2, 0.25) is 0 Å². The van der Waals surface area contributed by atoms with E-state index in [0.29, 0.717) is 17.0 Å². The van der Waals surface area contributed by atoms with E-state index in [9.17, 15) is 35.3 Å². The Balaban J connectivity index is 3.41. The predicted octanol–water partition coefficient (Wildman–Crippen LogP) is 4.35. The molecule has 0 bridgehead atoms. The molecule has 0 spiro atoms. The first-order chi connectivity index (χ1) is 11.3. The molecule has 3 nitrogen and oxygen atoms in total. The molecule has 1 aromatic rings. The van der Waals surface area contributed by atoms with Crippen LogP contribution in [-0.4, -0.2) is 47.0 Å². The van der Waals surface area contributed by atoms with Gasteiger partial charge in [0.15, 0.2) is 4.90 Å². The fourth-order valence-electron chi connectivity index (χ4n) is 1.83. The normalized spacial score (nSPS) is 14.6. The van der Waals surface area contributed by atoms with Gasteiger partial charge in [0.2, 0.25) is 11.6 Å². The molecule has 1 rings (SSSR count). The number of rotatable bonds is 4. The van der Waals surface area contributed by atoms with Gasteiger partial charge in [0, 0.05) is 25.2 Å². The van der Waals surface area contributed by atoms with Crippen molar-refractivity contribution >= 4 is 22.7 Å². The highest BCUT2D eigenvalue weighted by atomic mass is 32.2. The highest BCUT2D eigenvalue weighted by Gasteiger charge is 2.39. The van der Waals surface area contributed by atoms with E-state index in [1.807, 2.05) is 0 Å². The number of hydrogen-bond acceptors (Lipinski definition) is 2. The summed E-state index contributed by atoms with van der Waals surface area (Å²) in [7, 11) is 1.08. The number of aryl methyl sites for hydroxylation is 1. The molecule has 25 heavy (non-hydrogen) atoms. The van der Waals surface area contributed by atoms with E-state index in [4.69, 9.17) is 0 Å². The molecule has 0 aliphatic carbocycles. The van der Waals surface area contributed by atoms with Crippen molar-refractivity contribution < 1.29 is 35.3 Å². The van der Waals surface area contributed by atoms with Gasteiger partial charge in [-0.05, 0) is 31.1 Å². The predicted molar refractivity (Wildman–Crippen MR) is 79.9 cm³/mol. The second kappa shape index (κ2) is 7.81. The second-order valence-corrected chi connectivity index (χ2v) is 6.54. The van der Waals surface area contributed by atoms with Gasteiger partial charge < -0.3 is 9.45 Å². The largest absolute Gasteiger partial charge is 0.611 e. The lowest BCUT2D eigenvalue weighted by Crippen LogP contribution is -2.38. The van der Waals surface area contributed by atoms with E-state index < -0.39 is 51.5 Å². The molecule has 0 amide bonds. The van der Waals surface area contributed by atoms with Gasteiger partial charge in [-0.2, -0.15) is 26.3 Å². The standard InChI is InChI=1S/C14H15F7N2OS/c1-4-23(3)12(14(19,20)21)22-10-6-11(8(2)5-9(10)15)25(24)7-13(16,17)18/h5-6H,4,7H2,1-3H3/b22-12+. The minimum absolute atomic E-state index is 0.0727. The van der Waals surface area contributed by atoms with Crippen LogP contribution in [-0.2, 0) is 11.2 Å². The van der Waals surface area contributed by atoms with Crippen molar-refractivity contribution in [3.8, 4) is 0 Å². The van der Waals surface area contributed by atoms with Crippen LogP contribution in [0, 0.1) is 12.7 Å². The van der Waals surface area contributed by atoms with Crippen LogP contribution in [0.25, 0.3) is 0 Å². The van der Waals surface area contributed by atoms with Gasteiger partial charge in [-0.15, -0.1) is 0 Å². The van der Waals surface area contributed by atoms with Crippen molar-refractivity contribution in [3.05, 3.63) is 23.5 Å². The van der Waals surface area contributed by atoms with Gasteiger partial charge in [-0.25, -0.2) is 9.38 Å². The molecule has 0 aliphatic heterocycles. The Morgan fingerprint density at radius 1 is 1.20 bits per heavy atom. The SMILES string of the molecule is CCN(C)/C(=N/c1cc([S+]([O-])CC(F)(F)F)c(C)cc1F)C(F)(F)F. The van der Waals surface area contributed by atoms with Gasteiger partial charge in [-0.1, -0.05) is 0 Å². The lowest BCUT2D eigenvalue weighted by atomic mass is 10.2. The summed E-state index contributed by atoms with van der Waals surface area (Å²) in [5.41, 5.74) is -0.903. The third-order valence-corrected chi connectivity index (χ3v) is 4.62. The third-order valence-electron chi connectivity index (χ3n) is 3.10. The number of alkyl halides is 6. The summed E-state index contributed by atoms with van der Waals surface area (Å²) in [5, 5.41) is 0. The Morgan fingerprint density at radius 3 is 2.20 bits per heavy atom. The van der Waals surface area contributed by atoms with Crippen LogP contribution in [0.1, 0.15) is 12.5 Å². The van der Waals surface area contributed by atoms with E-state index in [1.165, 1.54) is 13.8 Å². The van der Waals surface area contributed by atoms with Crippen LogP contribution in [0.5, 0.6) is 0 Å². The molecular weight excluding hydrogens is 377 g/mol. The van der Waals surface area contributed by atoms with Crippen molar-refractivity contribution in [2.45, 2.75) is 31.1 Å². The quantitative estimate of drug-likeness (QED) is 0.331. The first-order valence-corrected chi connectivity index (χ1v) is 8.20. The maximum atomic E-state index is 13.9. The van der Waals surface area contributed by atoms with Crippen LogP contribution in [0.3, 0.4) is 0 Å². The highest BCUT2D eigenvalue weighted by Crippen LogP contribution is 2.31. The van der Waals surface area contributed by atoms with Crippen molar-refractivity contribution in [3.63, 3.8) is 0 Å². The van der Waals surface area contributed by atoms with E-state index in [2.05, 4.69) is 4.99 Å². The molecule has 11 heteroatoms. The van der Waals surface area contributed by atoms with Crippen LogP contribution < -0.4 is 0 Å². The zero-order valence-electron chi connectivity index (χ0n) is 13.4. The maximum Gasteiger partial charge on any atom is 0.449 e. The fraction of sp³-hybridized carbons (Fsp3) is 0.500. The number of halogens is 7. The number of nitrogens with zero attached hydrogens (tertiary/aromatic N) is 2. The molecule has 0 saturated carbocycles. The Hall–Kier alpha value is -1.49.